The van der Waals surface area contributed by atoms with Crippen molar-refractivity contribution in [3.05, 3.63) is 95.6 Å². The van der Waals surface area contributed by atoms with Gasteiger partial charge in [0.25, 0.3) is 11.8 Å². The summed E-state index contributed by atoms with van der Waals surface area (Å²) in [5.74, 6) is -0.367. The fourth-order valence-corrected chi connectivity index (χ4v) is 5.60. The van der Waals surface area contributed by atoms with Crippen LogP contribution in [0.3, 0.4) is 0 Å². The molecule has 3 aromatic rings. The lowest BCUT2D eigenvalue weighted by Crippen LogP contribution is -2.48. The van der Waals surface area contributed by atoms with E-state index in [0.29, 0.717) is 35.7 Å². The van der Waals surface area contributed by atoms with E-state index in [2.05, 4.69) is 5.32 Å². The largest absolute Gasteiger partial charge is 0.490 e. The molecule has 0 aromatic heterocycles. The zero-order chi connectivity index (χ0) is 33.1. The Morgan fingerprint density at radius 2 is 1.72 bits per heavy atom. The fraction of sp³-hybridized carbons (Fsp3) is 0.432. The molecule has 0 radical (unpaired) electrons. The summed E-state index contributed by atoms with van der Waals surface area (Å²) in [6.45, 7) is 6.67. The van der Waals surface area contributed by atoms with E-state index in [1.165, 1.54) is 0 Å². The first kappa shape index (κ1) is 34.7. The third-order valence-corrected chi connectivity index (χ3v) is 8.36. The SMILES string of the molecule is C[C@H]1CCCCO[C@H](CN(C)C(=O)c2ccccc2)[C@@H](C)CN([C@@H](C)CO)C(=O)c2cc(NC(=O)Cc3ccccc3)ccc2O1. The third kappa shape index (κ3) is 9.64. The van der Waals surface area contributed by atoms with Gasteiger partial charge < -0.3 is 29.7 Å². The van der Waals surface area contributed by atoms with Crippen molar-refractivity contribution in [2.75, 3.05) is 38.7 Å². The van der Waals surface area contributed by atoms with Crippen LogP contribution in [0.25, 0.3) is 0 Å². The molecule has 1 aliphatic heterocycles. The normalized spacial score (nSPS) is 20.1. The molecule has 0 saturated carbocycles. The third-order valence-electron chi connectivity index (χ3n) is 8.36. The van der Waals surface area contributed by atoms with Crippen LogP contribution >= 0.6 is 0 Å². The van der Waals surface area contributed by atoms with Gasteiger partial charge in [0.05, 0.1) is 36.8 Å². The molecule has 0 saturated heterocycles. The highest BCUT2D eigenvalue weighted by molar-refractivity contribution is 6.00. The van der Waals surface area contributed by atoms with Crippen LogP contribution in [-0.2, 0) is 16.0 Å². The van der Waals surface area contributed by atoms with Crippen LogP contribution in [0, 0.1) is 5.92 Å². The van der Waals surface area contributed by atoms with Gasteiger partial charge in [-0.1, -0.05) is 55.5 Å². The highest BCUT2D eigenvalue weighted by atomic mass is 16.5. The van der Waals surface area contributed by atoms with Gasteiger partial charge in [-0.25, -0.2) is 0 Å². The molecule has 246 valence electrons. The Bertz CT molecular complexity index is 1430. The van der Waals surface area contributed by atoms with Crippen molar-refractivity contribution < 1.29 is 29.0 Å². The zero-order valence-corrected chi connectivity index (χ0v) is 27.4. The summed E-state index contributed by atoms with van der Waals surface area (Å²) in [5.41, 5.74) is 2.28. The van der Waals surface area contributed by atoms with Crippen molar-refractivity contribution >= 4 is 23.4 Å². The predicted molar refractivity (Wildman–Crippen MR) is 179 cm³/mol. The van der Waals surface area contributed by atoms with Gasteiger partial charge in [0.1, 0.15) is 5.75 Å². The van der Waals surface area contributed by atoms with Crippen molar-refractivity contribution in [2.24, 2.45) is 5.92 Å². The van der Waals surface area contributed by atoms with Crippen LogP contribution in [0.4, 0.5) is 5.69 Å². The second-order valence-corrected chi connectivity index (χ2v) is 12.3. The molecule has 9 heteroatoms. The maximum absolute atomic E-state index is 14.3. The summed E-state index contributed by atoms with van der Waals surface area (Å²) in [6.07, 6.45) is 2.14. The first-order valence-electron chi connectivity index (χ1n) is 16.1. The second kappa shape index (κ2) is 16.9. The minimum absolute atomic E-state index is 0.103. The van der Waals surface area contributed by atoms with E-state index in [0.717, 1.165) is 24.8 Å². The summed E-state index contributed by atoms with van der Waals surface area (Å²) in [5, 5.41) is 13.1. The van der Waals surface area contributed by atoms with Gasteiger partial charge in [-0.05, 0) is 69.0 Å². The van der Waals surface area contributed by atoms with Crippen molar-refractivity contribution in [1.29, 1.82) is 0 Å². The van der Waals surface area contributed by atoms with Gasteiger partial charge >= 0.3 is 0 Å². The van der Waals surface area contributed by atoms with Crippen LogP contribution in [0.5, 0.6) is 5.75 Å². The number of aliphatic hydroxyl groups is 1. The molecule has 4 atom stereocenters. The molecule has 0 bridgehead atoms. The van der Waals surface area contributed by atoms with Crippen LogP contribution in [0.15, 0.2) is 78.9 Å². The molecule has 3 aromatic carbocycles. The number of nitrogens with one attached hydrogen (secondary N) is 1. The number of fused-ring (bicyclic) bond motifs is 1. The summed E-state index contributed by atoms with van der Waals surface area (Å²) in [6, 6.07) is 23.2. The van der Waals surface area contributed by atoms with Gasteiger partial charge in [-0.2, -0.15) is 0 Å². The topological polar surface area (TPSA) is 108 Å². The molecule has 4 rings (SSSR count). The minimum Gasteiger partial charge on any atom is -0.490 e. The van der Waals surface area contributed by atoms with E-state index in [-0.39, 0.29) is 55.4 Å². The van der Waals surface area contributed by atoms with Crippen molar-refractivity contribution in [2.45, 2.75) is 64.7 Å². The molecule has 3 amide bonds. The highest BCUT2D eigenvalue weighted by Gasteiger charge is 2.31. The molecule has 2 N–H and O–H groups in total. The Labute approximate surface area is 272 Å². The number of nitrogens with zero attached hydrogens (tertiary/aromatic N) is 2. The molecule has 0 aliphatic carbocycles. The van der Waals surface area contributed by atoms with E-state index in [1.807, 2.05) is 62.4 Å². The van der Waals surface area contributed by atoms with Crippen molar-refractivity contribution in [1.82, 2.24) is 9.80 Å². The molecule has 1 aliphatic rings. The van der Waals surface area contributed by atoms with Gasteiger partial charge in [0.2, 0.25) is 5.91 Å². The average molecular weight is 630 g/mol. The number of carbonyl (C=O) groups excluding carboxylic acids is 3. The number of ether oxygens (including phenoxy) is 2. The molecule has 0 spiro atoms. The summed E-state index contributed by atoms with van der Waals surface area (Å²) >= 11 is 0. The summed E-state index contributed by atoms with van der Waals surface area (Å²) in [7, 11) is 1.76. The van der Waals surface area contributed by atoms with Crippen LogP contribution in [0.2, 0.25) is 0 Å². The smallest absolute Gasteiger partial charge is 0.258 e. The van der Waals surface area contributed by atoms with E-state index < -0.39 is 6.04 Å². The number of anilines is 1. The molecule has 0 fully saturated rings. The monoisotopic (exact) mass is 629 g/mol. The Morgan fingerprint density at radius 3 is 2.41 bits per heavy atom. The molecular formula is C37H47N3O6. The average Bonchev–Trinajstić information content (AvgIpc) is 3.06. The number of aliphatic hydroxyl groups excluding tert-OH is 1. The molecule has 46 heavy (non-hydrogen) atoms. The summed E-state index contributed by atoms with van der Waals surface area (Å²) in [4.78, 5) is 43.7. The first-order valence-corrected chi connectivity index (χ1v) is 16.1. The molecular weight excluding hydrogens is 582 g/mol. The van der Waals surface area contributed by atoms with Crippen LogP contribution < -0.4 is 10.1 Å². The number of hydrogen-bond donors (Lipinski definition) is 2. The van der Waals surface area contributed by atoms with Gasteiger partial charge in [0, 0.05) is 43.9 Å². The lowest BCUT2D eigenvalue weighted by molar-refractivity contribution is -0.115. The lowest BCUT2D eigenvalue weighted by atomic mass is 10.0. The van der Waals surface area contributed by atoms with E-state index in [4.69, 9.17) is 9.47 Å². The number of amides is 3. The Balaban J connectivity index is 1.60. The first-order chi connectivity index (χ1) is 22.2. The van der Waals surface area contributed by atoms with Crippen LogP contribution in [-0.4, -0.2) is 84.2 Å². The predicted octanol–water partition coefficient (Wildman–Crippen LogP) is 5.44. The molecule has 0 unspecified atom stereocenters. The van der Waals surface area contributed by atoms with Gasteiger partial charge in [-0.15, -0.1) is 0 Å². The van der Waals surface area contributed by atoms with E-state index in [9.17, 15) is 19.5 Å². The highest BCUT2D eigenvalue weighted by Crippen LogP contribution is 2.28. The van der Waals surface area contributed by atoms with Gasteiger partial charge in [-0.3, -0.25) is 14.4 Å². The number of rotatable bonds is 8. The molecule has 1 heterocycles. The summed E-state index contributed by atoms with van der Waals surface area (Å²) < 4.78 is 12.7. The van der Waals surface area contributed by atoms with E-state index >= 15 is 0 Å². The molecule has 9 nitrogen and oxygen atoms in total. The fourth-order valence-electron chi connectivity index (χ4n) is 5.60. The number of benzene rings is 3. The number of likely N-dealkylation sites (N-methyl/N-ethyl adjacent to an activating group) is 1. The Hall–Kier alpha value is -4.21. The lowest BCUT2D eigenvalue weighted by Gasteiger charge is -2.36. The van der Waals surface area contributed by atoms with E-state index in [1.54, 1.807) is 54.1 Å². The zero-order valence-electron chi connectivity index (χ0n) is 27.4. The van der Waals surface area contributed by atoms with Crippen LogP contribution in [0.1, 0.15) is 66.3 Å². The Morgan fingerprint density at radius 1 is 1.02 bits per heavy atom. The van der Waals surface area contributed by atoms with Crippen molar-refractivity contribution in [3.8, 4) is 5.75 Å². The second-order valence-electron chi connectivity index (χ2n) is 12.3. The maximum Gasteiger partial charge on any atom is 0.258 e. The van der Waals surface area contributed by atoms with Crippen molar-refractivity contribution in [3.63, 3.8) is 0 Å². The maximum atomic E-state index is 14.3. The Kier molecular flexibility index (Phi) is 12.7. The minimum atomic E-state index is -0.506. The number of carbonyl (C=O) groups is 3. The van der Waals surface area contributed by atoms with Gasteiger partial charge in [0.15, 0.2) is 0 Å². The standard InChI is InChI=1S/C37H47N3O6/c1-26-23-40(27(2)25-41)37(44)32-22-31(38-35(42)21-29-14-7-5-8-15-29)18-19-33(32)46-28(3)13-11-12-20-45-34(26)24-39(4)36(43)30-16-9-6-10-17-30/h5-10,14-19,22,26-28,34,41H,11-13,20-21,23-25H2,1-4H3,(H,38,42)/t26-,27-,28-,34+/m0/s1. The number of hydrogen-bond acceptors (Lipinski definition) is 6. The quantitative estimate of drug-likeness (QED) is 0.344.